The molecule has 4 unspecified atom stereocenters. The number of fused-ring (bicyclic) bond motifs is 2. The standard InChI is InChI=1S/C22H26O/c1-22(2)17-13-18(21(23)19(22)14-17)20(15-9-5-3-6-10-15)16-11-7-4-8-12-16/h3-12,17-21,23H,13-14H2,1-2H3. The summed E-state index contributed by atoms with van der Waals surface area (Å²) in [6, 6.07) is 21.5. The minimum Gasteiger partial charge on any atom is -0.392 e. The van der Waals surface area contributed by atoms with Crippen LogP contribution in [0.2, 0.25) is 0 Å². The van der Waals surface area contributed by atoms with Crippen LogP contribution in [0, 0.1) is 23.2 Å². The minimum atomic E-state index is -0.194. The molecule has 3 aliphatic carbocycles. The van der Waals surface area contributed by atoms with Gasteiger partial charge in [0.05, 0.1) is 6.10 Å². The van der Waals surface area contributed by atoms with Gasteiger partial charge in [0.2, 0.25) is 0 Å². The van der Waals surface area contributed by atoms with Crippen molar-refractivity contribution >= 4 is 0 Å². The summed E-state index contributed by atoms with van der Waals surface area (Å²) in [6.07, 6.45) is 2.15. The fourth-order valence-electron chi connectivity index (χ4n) is 5.14. The molecule has 0 saturated heterocycles. The molecular formula is C22H26O. The third-order valence-electron chi connectivity index (χ3n) is 6.70. The van der Waals surface area contributed by atoms with Crippen molar-refractivity contribution in [2.45, 2.75) is 38.7 Å². The lowest BCUT2D eigenvalue weighted by Gasteiger charge is -2.62. The fourth-order valence-corrected chi connectivity index (χ4v) is 5.14. The zero-order chi connectivity index (χ0) is 16.0. The molecule has 0 spiro atoms. The highest BCUT2D eigenvalue weighted by molar-refractivity contribution is 5.34. The lowest BCUT2D eigenvalue weighted by Crippen LogP contribution is -2.59. The Kier molecular flexibility index (Phi) is 3.57. The van der Waals surface area contributed by atoms with Crippen LogP contribution >= 0.6 is 0 Å². The lowest BCUT2D eigenvalue weighted by molar-refractivity contribution is -0.172. The van der Waals surface area contributed by atoms with E-state index < -0.39 is 0 Å². The molecule has 3 fully saturated rings. The van der Waals surface area contributed by atoms with Gasteiger partial charge in [-0.15, -0.1) is 0 Å². The van der Waals surface area contributed by atoms with Crippen LogP contribution in [0.1, 0.15) is 43.7 Å². The van der Waals surface area contributed by atoms with E-state index in [9.17, 15) is 5.11 Å². The molecule has 1 N–H and O–H groups in total. The Morgan fingerprint density at radius 3 is 1.83 bits per heavy atom. The van der Waals surface area contributed by atoms with Crippen molar-refractivity contribution in [1.29, 1.82) is 0 Å². The first-order chi connectivity index (χ1) is 11.1. The fraction of sp³-hybridized carbons (Fsp3) is 0.455. The Morgan fingerprint density at radius 1 is 0.870 bits per heavy atom. The van der Waals surface area contributed by atoms with Gasteiger partial charge in [0, 0.05) is 5.92 Å². The van der Waals surface area contributed by atoms with Crippen LogP contribution in [0.5, 0.6) is 0 Å². The molecule has 2 bridgehead atoms. The molecule has 5 rings (SSSR count). The van der Waals surface area contributed by atoms with Crippen molar-refractivity contribution in [3.05, 3.63) is 71.8 Å². The molecule has 0 aliphatic heterocycles. The van der Waals surface area contributed by atoms with E-state index in [2.05, 4.69) is 74.5 Å². The maximum Gasteiger partial charge on any atom is 0.0611 e. The van der Waals surface area contributed by atoms with Gasteiger partial charge in [-0.2, -0.15) is 0 Å². The summed E-state index contributed by atoms with van der Waals surface area (Å²) in [7, 11) is 0. The van der Waals surface area contributed by atoms with Gasteiger partial charge >= 0.3 is 0 Å². The minimum absolute atomic E-state index is 0.194. The Morgan fingerprint density at radius 2 is 1.39 bits per heavy atom. The highest BCUT2D eigenvalue weighted by atomic mass is 16.3. The predicted molar refractivity (Wildman–Crippen MR) is 94.2 cm³/mol. The average Bonchev–Trinajstić information content (AvgIpc) is 2.58. The summed E-state index contributed by atoms with van der Waals surface area (Å²) in [5.41, 5.74) is 2.98. The largest absolute Gasteiger partial charge is 0.392 e. The molecule has 2 aromatic rings. The van der Waals surface area contributed by atoms with Crippen LogP contribution < -0.4 is 0 Å². The summed E-state index contributed by atoms with van der Waals surface area (Å²) in [5.74, 6) is 1.85. The normalized spacial score (nSPS) is 31.7. The van der Waals surface area contributed by atoms with Gasteiger partial charge in [0.1, 0.15) is 0 Å². The molecular weight excluding hydrogens is 280 g/mol. The summed E-state index contributed by atoms with van der Waals surface area (Å²) in [4.78, 5) is 0. The van der Waals surface area contributed by atoms with Crippen LogP contribution in [0.3, 0.4) is 0 Å². The highest BCUT2D eigenvalue weighted by Gasteiger charge is 2.58. The number of benzene rings is 2. The first-order valence-electron chi connectivity index (χ1n) is 8.87. The van der Waals surface area contributed by atoms with Gasteiger partial charge in [-0.1, -0.05) is 74.5 Å². The summed E-state index contributed by atoms with van der Waals surface area (Å²) in [6.45, 7) is 4.68. The van der Waals surface area contributed by atoms with Crippen molar-refractivity contribution in [2.24, 2.45) is 23.2 Å². The third kappa shape index (κ3) is 2.33. The number of hydrogen-bond donors (Lipinski definition) is 1. The van der Waals surface area contributed by atoms with Gasteiger partial charge in [-0.3, -0.25) is 0 Å². The molecule has 3 aliphatic rings. The Labute approximate surface area is 139 Å². The highest BCUT2D eigenvalue weighted by Crippen LogP contribution is 2.63. The van der Waals surface area contributed by atoms with Crippen molar-refractivity contribution in [3.63, 3.8) is 0 Å². The van der Waals surface area contributed by atoms with E-state index in [1.54, 1.807) is 0 Å². The molecule has 0 aromatic heterocycles. The average molecular weight is 306 g/mol. The van der Waals surface area contributed by atoms with Gasteiger partial charge in [0.25, 0.3) is 0 Å². The Balaban J connectivity index is 1.73. The third-order valence-corrected chi connectivity index (χ3v) is 6.70. The topological polar surface area (TPSA) is 20.2 Å². The number of aliphatic hydroxyl groups is 1. The van der Waals surface area contributed by atoms with Crippen molar-refractivity contribution in [1.82, 2.24) is 0 Å². The van der Waals surface area contributed by atoms with E-state index in [1.807, 2.05) is 0 Å². The van der Waals surface area contributed by atoms with E-state index in [1.165, 1.54) is 17.5 Å². The molecule has 0 radical (unpaired) electrons. The number of rotatable bonds is 3. The lowest BCUT2D eigenvalue weighted by atomic mass is 9.44. The van der Waals surface area contributed by atoms with Gasteiger partial charge in [-0.05, 0) is 47.1 Å². The van der Waals surface area contributed by atoms with Crippen molar-refractivity contribution in [3.8, 4) is 0 Å². The molecule has 0 amide bonds. The van der Waals surface area contributed by atoms with E-state index in [4.69, 9.17) is 0 Å². The summed E-state index contributed by atoms with van der Waals surface area (Å²) in [5, 5.41) is 11.1. The van der Waals surface area contributed by atoms with E-state index in [-0.39, 0.29) is 6.10 Å². The number of hydrogen-bond acceptors (Lipinski definition) is 1. The first-order valence-corrected chi connectivity index (χ1v) is 8.87. The second-order valence-electron chi connectivity index (χ2n) is 8.05. The van der Waals surface area contributed by atoms with Crippen molar-refractivity contribution < 1.29 is 5.11 Å². The maximum atomic E-state index is 11.1. The zero-order valence-electron chi connectivity index (χ0n) is 14.0. The second kappa shape index (κ2) is 5.49. The SMILES string of the molecule is CC1(C)C2CC(C(c3ccccc3)c3ccccc3)C(O)C1C2. The van der Waals surface area contributed by atoms with Crippen LogP contribution in [0.15, 0.2) is 60.7 Å². The van der Waals surface area contributed by atoms with Gasteiger partial charge < -0.3 is 5.11 Å². The summed E-state index contributed by atoms with van der Waals surface area (Å²) >= 11 is 0. The van der Waals surface area contributed by atoms with Crippen LogP contribution in [0.4, 0.5) is 0 Å². The second-order valence-corrected chi connectivity index (χ2v) is 8.05. The zero-order valence-corrected chi connectivity index (χ0v) is 14.0. The van der Waals surface area contributed by atoms with Crippen LogP contribution in [-0.2, 0) is 0 Å². The molecule has 23 heavy (non-hydrogen) atoms. The van der Waals surface area contributed by atoms with E-state index >= 15 is 0 Å². The predicted octanol–water partition coefficient (Wildman–Crippen LogP) is 4.86. The molecule has 3 saturated carbocycles. The molecule has 4 atom stereocenters. The van der Waals surface area contributed by atoms with Gasteiger partial charge in [-0.25, -0.2) is 0 Å². The monoisotopic (exact) mass is 306 g/mol. The van der Waals surface area contributed by atoms with E-state index in [0.717, 1.165) is 12.3 Å². The van der Waals surface area contributed by atoms with E-state index in [0.29, 0.717) is 23.2 Å². The Hall–Kier alpha value is -1.60. The molecule has 1 nitrogen and oxygen atoms in total. The van der Waals surface area contributed by atoms with Crippen LogP contribution in [-0.4, -0.2) is 11.2 Å². The first kappa shape index (κ1) is 15.0. The van der Waals surface area contributed by atoms with Crippen LogP contribution in [0.25, 0.3) is 0 Å². The summed E-state index contributed by atoms with van der Waals surface area (Å²) < 4.78 is 0. The molecule has 2 aromatic carbocycles. The van der Waals surface area contributed by atoms with Gasteiger partial charge in [0.15, 0.2) is 0 Å². The number of aliphatic hydroxyl groups excluding tert-OH is 1. The molecule has 0 heterocycles. The quantitative estimate of drug-likeness (QED) is 0.858. The van der Waals surface area contributed by atoms with Crippen molar-refractivity contribution in [2.75, 3.05) is 0 Å². The molecule has 120 valence electrons. The molecule has 1 heteroatoms. The smallest absolute Gasteiger partial charge is 0.0611 e. The Bertz CT molecular complexity index is 621. The maximum absolute atomic E-state index is 11.1.